The van der Waals surface area contributed by atoms with Crippen LogP contribution in [0.1, 0.15) is 29.8 Å². The van der Waals surface area contributed by atoms with E-state index in [9.17, 15) is 4.79 Å². The van der Waals surface area contributed by atoms with Crippen molar-refractivity contribution in [2.24, 2.45) is 0 Å². The molecule has 1 unspecified atom stereocenters. The molecule has 1 radical (unpaired) electrons. The highest BCUT2D eigenvalue weighted by Crippen LogP contribution is 2.23. The number of hydrogen-bond acceptors (Lipinski definition) is 1. The van der Waals surface area contributed by atoms with Gasteiger partial charge in [0.2, 0.25) is 6.29 Å². The van der Waals surface area contributed by atoms with Gasteiger partial charge in [-0.1, -0.05) is 25.1 Å². The molecule has 1 rings (SSSR count). The van der Waals surface area contributed by atoms with Gasteiger partial charge >= 0.3 is 0 Å². The fraction of sp³-hybridized carbons (Fsp3) is 0.300. The van der Waals surface area contributed by atoms with Crippen molar-refractivity contribution in [1.82, 2.24) is 0 Å². The molecule has 0 spiro atoms. The summed E-state index contributed by atoms with van der Waals surface area (Å²) in [5.41, 5.74) is 1.55. The molecule has 63 valence electrons. The predicted octanol–water partition coefficient (Wildman–Crippen LogP) is 2.83. The molecule has 0 aliphatic carbocycles. The van der Waals surface area contributed by atoms with Gasteiger partial charge in [-0.2, -0.15) is 0 Å². The SMILES string of the molecule is CCC(Cl)c1cccc([C]=O)c1. The van der Waals surface area contributed by atoms with E-state index in [1.165, 1.54) is 0 Å². The highest BCUT2D eigenvalue weighted by molar-refractivity contribution is 6.20. The summed E-state index contributed by atoms with van der Waals surface area (Å²) in [6.07, 6.45) is 2.70. The van der Waals surface area contributed by atoms with Crippen molar-refractivity contribution in [3.05, 3.63) is 35.4 Å². The van der Waals surface area contributed by atoms with Crippen molar-refractivity contribution in [2.45, 2.75) is 18.7 Å². The lowest BCUT2D eigenvalue weighted by Gasteiger charge is -2.05. The highest BCUT2D eigenvalue weighted by Gasteiger charge is 2.04. The van der Waals surface area contributed by atoms with Crippen LogP contribution in [0.5, 0.6) is 0 Å². The van der Waals surface area contributed by atoms with E-state index < -0.39 is 0 Å². The molecule has 1 aromatic carbocycles. The monoisotopic (exact) mass is 181 g/mol. The minimum atomic E-state index is -0.00157. The molecule has 2 heteroatoms. The van der Waals surface area contributed by atoms with E-state index in [1.54, 1.807) is 12.1 Å². The second kappa shape index (κ2) is 4.27. The zero-order valence-electron chi connectivity index (χ0n) is 6.88. The van der Waals surface area contributed by atoms with Gasteiger partial charge < -0.3 is 0 Å². The third kappa shape index (κ3) is 2.08. The van der Waals surface area contributed by atoms with Crippen LogP contribution in [-0.2, 0) is 4.79 Å². The van der Waals surface area contributed by atoms with Crippen LogP contribution in [0.4, 0.5) is 0 Å². The Bertz CT molecular complexity index is 270. The molecular weight excluding hydrogens is 172 g/mol. The summed E-state index contributed by atoms with van der Waals surface area (Å²) >= 11 is 5.99. The van der Waals surface area contributed by atoms with E-state index in [0.717, 1.165) is 12.0 Å². The Labute approximate surface area is 77.4 Å². The summed E-state index contributed by atoms with van der Waals surface area (Å²) in [7, 11) is 0. The molecule has 0 saturated heterocycles. The minimum absolute atomic E-state index is 0.00157. The zero-order valence-corrected chi connectivity index (χ0v) is 7.64. The van der Waals surface area contributed by atoms with Gasteiger partial charge in [0.1, 0.15) is 0 Å². The third-order valence-corrected chi connectivity index (χ3v) is 2.29. The van der Waals surface area contributed by atoms with E-state index in [4.69, 9.17) is 11.6 Å². The molecule has 1 atom stereocenters. The first-order valence-electron chi connectivity index (χ1n) is 3.90. The smallest absolute Gasteiger partial charge is 0.233 e. The normalized spacial score (nSPS) is 12.5. The van der Waals surface area contributed by atoms with Crippen LogP contribution in [0, 0.1) is 0 Å². The Morgan fingerprint density at radius 1 is 1.58 bits per heavy atom. The van der Waals surface area contributed by atoms with E-state index in [-0.39, 0.29) is 5.38 Å². The predicted molar refractivity (Wildman–Crippen MR) is 50.1 cm³/mol. The lowest BCUT2D eigenvalue weighted by molar-refractivity contribution is 0.562. The molecule has 0 aliphatic heterocycles. The van der Waals surface area contributed by atoms with Gasteiger partial charge in [0.25, 0.3) is 0 Å². The van der Waals surface area contributed by atoms with Crippen molar-refractivity contribution in [3.8, 4) is 0 Å². The molecule has 1 aromatic rings. The van der Waals surface area contributed by atoms with Crippen molar-refractivity contribution in [2.75, 3.05) is 0 Å². The van der Waals surface area contributed by atoms with Crippen LogP contribution in [0.2, 0.25) is 0 Å². The molecule has 0 aromatic heterocycles. The van der Waals surface area contributed by atoms with Gasteiger partial charge in [-0.3, -0.25) is 4.79 Å². The van der Waals surface area contributed by atoms with Gasteiger partial charge in [0.15, 0.2) is 0 Å². The Morgan fingerprint density at radius 3 is 2.92 bits per heavy atom. The number of halogens is 1. The van der Waals surface area contributed by atoms with Crippen LogP contribution >= 0.6 is 11.6 Å². The Kier molecular flexibility index (Phi) is 3.30. The maximum absolute atomic E-state index is 10.3. The first-order chi connectivity index (χ1) is 5.77. The molecule has 12 heavy (non-hydrogen) atoms. The number of rotatable bonds is 3. The topological polar surface area (TPSA) is 17.1 Å². The zero-order chi connectivity index (χ0) is 8.97. The highest BCUT2D eigenvalue weighted by atomic mass is 35.5. The van der Waals surface area contributed by atoms with Crippen LogP contribution < -0.4 is 0 Å². The maximum atomic E-state index is 10.3. The van der Waals surface area contributed by atoms with Crippen LogP contribution in [-0.4, -0.2) is 6.29 Å². The fourth-order valence-electron chi connectivity index (χ4n) is 1.03. The first-order valence-corrected chi connectivity index (χ1v) is 4.33. The molecule has 0 saturated carbocycles. The summed E-state index contributed by atoms with van der Waals surface area (Å²) in [6.45, 7) is 2.01. The van der Waals surface area contributed by atoms with Crippen LogP contribution in [0.3, 0.4) is 0 Å². The quantitative estimate of drug-likeness (QED) is 0.656. The summed E-state index contributed by atoms with van der Waals surface area (Å²) in [4.78, 5) is 10.3. The van der Waals surface area contributed by atoms with E-state index in [0.29, 0.717) is 5.56 Å². The maximum Gasteiger partial charge on any atom is 0.233 e. The fourth-order valence-corrected chi connectivity index (χ4v) is 1.17. The molecular formula is C10H10ClO. The average Bonchev–Trinajstić information content (AvgIpc) is 2.17. The summed E-state index contributed by atoms with van der Waals surface area (Å²) in [5.74, 6) is 0. The van der Waals surface area contributed by atoms with E-state index >= 15 is 0 Å². The van der Waals surface area contributed by atoms with Gasteiger partial charge in [-0.25, -0.2) is 0 Å². The molecule has 0 aliphatic rings. The van der Waals surface area contributed by atoms with Crippen molar-refractivity contribution in [1.29, 1.82) is 0 Å². The molecule has 1 nitrogen and oxygen atoms in total. The van der Waals surface area contributed by atoms with E-state index in [2.05, 4.69) is 0 Å². The van der Waals surface area contributed by atoms with E-state index in [1.807, 2.05) is 25.3 Å². The first kappa shape index (κ1) is 9.27. The second-order valence-electron chi connectivity index (χ2n) is 2.60. The van der Waals surface area contributed by atoms with Gasteiger partial charge in [0, 0.05) is 5.56 Å². The summed E-state index contributed by atoms with van der Waals surface area (Å²) in [6, 6.07) is 7.23. The lowest BCUT2D eigenvalue weighted by atomic mass is 10.1. The van der Waals surface area contributed by atoms with Crippen molar-refractivity contribution < 1.29 is 4.79 Å². The van der Waals surface area contributed by atoms with Gasteiger partial charge in [-0.05, 0) is 18.1 Å². The second-order valence-corrected chi connectivity index (χ2v) is 3.13. The Balaban J connectivity index is 2.93. The summed E-state index contributed by atoms with van der Waals surface area (Å²) in [5, 5.41) is -0.00157. The van der Waals surface area contributed by atoms with Gasteiger partial charge in [0.05, 0.1) is 5.38 Å². The number of benzene rings is 1. The summed E-state index contributed by atoms with van der Waals surface area (Å²) < 4.78 is 0. The largest absolute Gasteiger partial charge is 0.285 e. The molecule has 0 N–H and O–H groups in total. The lowest BCUT2D eigenvalue weighted by Crippen LogP contribution is -1.89. The third-order valence-electron chi connectivity index (χ3n) is 1.72. The minimum Gasteiger partial charge on any atom is -0.285 e. The molecule has 0 heterocycles. The van der Waals surface area contributed by atoms with Crippen LogP contribution in [0.25, 0.3) is 0 Å². The van der Waals surface area contributed by atoms with Crippen molar-refractivity contribution >= 4 is 17.9 Å². The van der Waals surface area contributed by atoms with Crippen LogP contribution in [0.15, 0.2) is 24.3 Å². The Hall–Kier alpha value is -0.820. The number of alkyl halides is 1. The molecule has 0 fully saturated rings. The Morgan fingerprint density at radius 2 is 2.33 bits per heavy atom. The van der Waals surface area contributed by atoms with Crippen molar-refractivity contribution in [3.63, 3.8) is 0 Å². The number of hydrogen-bond donors (Lipinski definition) is 0. The van der Waals surface area contributed by atoms with Gasteiger partial charge in [-0.15, -0.1) is 11.6 Å². The molecule has 0 bridgehead atoms. The standard InChI is InChI=1S/C10H10ClO/c1-2-10(11)9-5-3-4-8(6-9)7-12/h3-6,10H,2H2,1H3. The number of carbonyl (C=O) groups excluding carboxylic acids is 1. The average molecular weight is 182 g/mol. The molecule has 0 amide bonds.